The van der Waals surface area contributed by atoms with Crippen molar-refractivity contribution >= 4 is 23.2 Å². The number of rotatable bonds is 2. The van der Waals surface area contributed by atoms with Crippen molar-refractivity contribution in [2.75, 3.05) is 0 Å². The largest absolute Gasteiger partial charge is 0.435 e. The summed E-state index contributed by atoms with van der Waals surface area (Å²) in [7, 11) is 0. The molecule has 0 saturated carbocycles. The summed E-state index contributed by atoms with van der Waals surface area (Å²) in [6.07, 6.45) is -12.5. The molecule has 0 fully saturated rings. The summed E-state index contributed by atoms with van der Waals surface area (Å²) in [5.74, 6) is 0. The van der Waals surface area contributed by atoms with Crippen LogP contribution in [0.5, 0.6) is 0 Å². The second kappa shape index (κ2) is 6.56. The minimum Gasteiger partial charge on any atom is -0.224 e. The molecule has 2 rings (SSSR count). The second-order valence-corrected chi connectivity index (χ2v) is 6.38. The number of hydrogen-bond donors (Lipinski definition) is 0. The van der Waals surface area contributed by atoms with E-state index in [4.69, 9.17) is 23.2 Å². The molecule has 1 aromatic heterocycles. The first-order valence-electron chi connectivity index (χ1n) is 6.96. The van der Waals surface area contributed by atoms with E-state index in [1.165, 1.54) is 19.9 Å². The van der Waals surface area contributed by atoms with Crippen molar-refractivity contribution in [3.05, 3.63) is 51.3 Å². The molecule has 0 saturated heterocycles. The van der Waals surface area contributed by atoms with Gasteiger partial charge in [-0.2, -0.15) is 26.3 Å². The minimum absolute atomic E-state index is 0.0230. The van der Waals surface area contributed by atoms with Crippen LogP contribution in [0.2, 0.25) is 10.3 Å². The number of halogens is 9. The van der Waals surface area contributed by atoms with Gasteiger partial charge < -0.3 is 0 Å². The molecule has 2 aromatic rings. The summed E-state index contributed by atoms with van der Waals surface area (Å²) < 4.78 is 94.2. The molecule has 0 aliphatic rings. The molecule has 0 unspecified atom stereocenters. The fraction of sp³-hybridized carbons (Fsp3) is 0.312. The number of nitrogens with zero attached hydrogens (tertiary/aromatic N) is 1. The summed E-state index contributed by atoms with van der Waals surface area (Å²) >= 11 is 11.5. The minimum atomic E-state index is -6.24. The molecular weight excluding hydrogens is 410 g/mol. The Hall–Kier alpha value is -1.54. The van der Waals surface area contributed by atoms with Crippen molar-refractivity contribution < 1.29 is 30.7 Å². The van der Waals surface area contributed by atoms with Crippen molar-refractivity contribution in [2.45, 2.75) is 31.9 Å². The van der Waals surface area contributed by atoms with Gasteiger partial charge in [-0.05, 0) is 37.1 Å². The fourth-order valence-corrected chi connectivity index (χ4v) is 3.10. The summed E-state index contributed by atoms with van der Waals surface area (Å²) in [6, 6.07) is 4.05. The van der Waals surface area contributed by atoms with Crippen LogP contribution in [0.15, 0.2) is 24.3 Å². The van der Waals surface area contributed by atoms with Gasteiger partial charge in [-0.25, -0.2) is 9.37 Å². The number of aryl methyl sites for hydroxylation is 2. The molecule has 26 heavy (non-hydrogen) atoms. The predicted octanol–water partition coefficient (Wildman–Crippen LogP) is 6.96. The van der Waals surface area contributed by atoms with E-state index in [-0.39, 0.29) is 21.8 Å². The molecule has 1 heterocycles. The fourth-order valence-electron chi connectivity index (χ4n) is 2.66. The van der Waals surface area contributed by atoms with Crippen LogP contribution in [-0.2, 0) is 5.67 Å². The van der Waals surface area contributed by atoms with Gasteiger partial charge >= 0.3 is 18.0 Å². The van der Waals surface area contributed by atoms with Crippen molar-refractivity contribution in [1.82, 2.24) is 4.98 Å². The normalized spacial score (nSPS) is 13.2. The Bertz CT molecular complexity index is 830. The van der Waals surface area contributed by atoms with E-state index in [1.807, 2.05) is 0 Å². The van der Waals surface area contributed by atoms with Gasteiger partial charge in [0.15, 0.2) is 0 Å². The third-order valence-corrected chi connectivity index (χ3v) is 4.21. The lowest BCUT2D eigenvalue weighted by molar-refractivity contribution is -0.348. The van der Waals surface area contributed by atoms with Crippen LogP contribution in [0.25, 0.3) is 11.1 Å². The first kappa shape index (κ1) is 20.8. The average Bonchev–Trinajstić information content (AvgIpc) is 2.44. The zero-order valence-electron chi connectivity index (χ0n) is 13.2. The van der Waals surface area contributed by atoms with Gasteiger partial charge in [-0.1, -0.05) is 40.9 Å². The number of pyridine rings is 1. The van der Waals surface area contributed by atoms with Crippen molar-refractivity contribution in [3.8, 4) is 11.1 Å². The molecule has 142 valence electrons. The van der Waals surface area contributed by atoms with Crippen LogP contribution in [-0.4, -0.2) is 17.3 Å². The van der Waals surface area contributed by atoms with E-state index >= 15 is 0 Å². The first-order chi connectivity index (χ1) is 11.7. The Morgan fingerprint density at radius 3 is 1.85 bits per heavy atom. The molecule has 0 spiro atoms. The van der Waals surface area contributed by atoms with Gasteiger partial charge in [0, 0.05) is 11.1 Å². The van der Waals surface area contributed by atoms with Crippen molar-refractivity contribution in [3.63, 3.8) is 0 Å². The molecule has 0 amide bonds. The topological polar surface area (TPSA) is 12.9 Å². The third kappa shape index (κ3) is 3.36. The first-order valence-corrected chi connectivity index (χ1v) is 7.72. The summed E-state index contributed by atoms with van der Waals surface area (Å²) in [5, 5.41) is -0.569. The molecule has 0 aliphatic carbocycles. The molecule has 0 bridgehead atoms. The maximum Gasteiger partial charge on any atom is 0.435 e. The smallest absolute Gasteiger partial charge is 0.224 e. The summed E-state index contributed by atoms with van der Waals surface area (Å²) in [5.41, 5.74) is -8.12. The van der Waals surface area contributed by atoms with E-state index in [2.05, 4.69) is 4.98 Å². The second-order valence-electron chi connectivity index (χ2n) is 5.63. The summed E-state index contributed by atoms with van der Waals surface area (Å²) in [4.78, 5) is 3.61. The van der Waals surface area contributed by atoms with E-state index in [9.17, 15) is 30.7 Å². The molecule has 0 aliphatic heterocycles. The monoisotopic (exact) mass is 419 g/mol. The van der Waals surface area contributed by atoms with Gasteiger partial charge in [0.05, 0.1) is 0 Å². The van der Waals surface area contributed by atoms with Gasteiger partial charge in [-0.3, -0.25) is 0 Å². The van der Waals surface area contributed by atoms with Crippen molar-refractivity contribution in [2.24, 2.45) is 0 Å². The molecule has 0 N–H and O–H groups in total. The highest BCUT2D eigenvalue weighted by Gasteiger charge is 2.74. The van der Waals surface area contributed by atoms with Crippen LogP contribution in [0, 0.1) is 13.8 Å². The van der Waals surface area contributed by atoms with Crippen molar-refractivity contribution in [1.29, 1.82) is 0 Å². The zero-order valence-corrected chi connectivity index (χ0v) is 14.7. The standard InChI is InChI=1S/C16H10Cl2F7N/c1-7-5-8(2)12(9-3-4-11(17)26-13(9)18)10(6-7)14(19,15(20,21)22)16(23,24)25/h3-6H,1-2H3. The predicted molar refractivity (Wildman–Crippen MR) is 84.1 cm³/mol. The number of aromatic nitrogens is 1. The zero-order chi connectivity index (χ0) is 20.1. The highest BCUT2D eigenvalue weighted by Crippen LogP contribution is 2.56. The SMILES string of the molecule is Cc1cc(C)c(-c2ccc(Cl)nc2Cl)c(C(F)(C(F)(F)F)C(F)(F)F)c1. The molecule has 10 heteroatoms. The van der Waals surface area contributed by atoms with Crippen LogP contribution in [0.3, 0.4) is 0 Å². The van der Waals surface area contributed by atoms with Gasteiger partial charge in [0.25, 0.3) is 0 Å². The Balaban J connectivity index is 2.97. The van der Waals surface area contributed by atoms with Gasteiger partial charge in [-0.15, -0.1) is 0 Å². The lowest BCUT2D eigenvalue weighted by Crippen LogP contribution is -2.50. The van der Waals surface area contributed by atoms with E-state index in [0.717, 1.165) is 12.1 Å². The molecular formula is C16H10Cl2F7N. The molecule has 1 aromatic carbocycles. The Morgan fingerprint density at radius 1 is 0.846 bits per heavy atom. The van der Waals surface area contributed by atoms with Crippen LogP contribution in [0.4, 0.5) is 30.7 Å². The maximum absolute atomic E-state index is 14.7. The van der Waals surface area contributed by atoms with Crippen LogP contribution >= 0.6 is 23.2 Å². The lowest BCUT2D eigenvalue weighted by Gasteiger charge is -2.33. The highest BCUT2D eigenvalue weighted by atomic mass is 35.5. The molecule has 0 atom stereocenters. The summed E-state index contributed by atoms with van der Waals surface area (Å²) in [6.45, 7) is 2.51. The van der Waals surface area contributed by atoms with Crippen LogP contribution < -0.4 is 0 Å². The third-order valence-electron chi connectivity index (χ3n) is 3.72. The molecule has 0 radical (unpaired) electrons. The van der Waals surface area contributed by atoms with Gasteiger partial charge in [0.1, 0.15) is 10.3 Å². The number of alkyl halides is 7. The Labute approximate surface area is 153 Å². The number of hydrogen-bond acceptors (Lipinski definition) is 1. The van der Waals surface area contributed by atoms with Gasteiger partial charge in [0.2, 0.25) is 0 Å². The average molecular weight is 420 g/mol. The maximum atomic E-state index is 14.7. The number of benzene rings is 1. The van der Waals surface area contributed by atoms with Crippen LogP contribution in [0.1, 0.15) is 16.7 Å². The molecule has 1 nitrogen and oxygen atoms in total. The van der Waals surface area contributed by atoms with E-state index in [0.29, 0.717) is 6.07 Å². The van der Waals surface area contributed by atoms with E-state index < -0.39 is 34.3 Å². The van der Waals surface area contributed by atoms with E-state index in [1.54, 1.807) is 0 Å². The lowest BCUT2D eigenvalue weighted by atomic mass is 9.84. The quantitative estimate of drug-likeness (QED) is 0.378. The highest BCUT2D eigenvalue weighted by molar-refractivity contribution is 6.34. The Morgan fingerprint density at radius 2 is 1.38 bits per heavy atom. The Kier molecular flexibility index (Phi) is 5.24.